The number of hydrogen-bond donors (Lipinski definition) is 0. The van der Waals surface area contributed by atoms with Gasteiger partial charge in [0.05, 0.1) is 0 Å². The Kier molecular flexibility index (Phi) is 6.96. The van der Waals surface area contributed by atoms with E-state index in [1.807, 2.05) is 0 Å². The standard InChI is InChI=1S/C17H13.2ClH.Zr/c1-3-8-14(9-4-1)16-12-7-13-17(16)15-10-5-2-6-11-15;;;/h1-6,8-12H,7H2;2*1H;. The second kappa shape index (κ2) is 7.98. The third kappa shape index (κ3) is 3.52. The maximum atomic E-state index is 2.36. The third-order valence-electron chi connectivity index (χ3n) is 3.23. The molecule has 1 aliphatic rings. The minimum atomic E-state index is 0. The zero-order chi connectivity index (χ0) is 12.4. The van der Waals surface area contributed by atoms with Gasteiger partial charge in [-0.2, -0.15) is 0 Å². The van der Waals surface area contributed by atoms with Gasteiger partial charge in [-0.1, -0.05) is 0 Å². The summed E-state index contributed by atoms with van der Waals surface area (Å²) in [5, 5.41) is 0. The van der Waals surface area contributed by atoms with E-state index >= 15 is 0 Å². The second-order valence-electron chi connectivity index (χ2n) is 4.41. The molecule has 0 unspecified atom stereocenters. The van der Waals surface area contributed by atoms with Crippen molar-refractivity contribution in [1.82, 2.24) is 0 Å². The molecule has 1 aliphatic carbocycles. The van der Waals surface area contributed by atoms with Crippen LogP contribution < -0.4 is 0 Å². The predicted octanol–water partition coefficient (Wildman–Crippen LogP) is 5.28. The zero-order valence-corrected chi connectivity index (χ0v) is 15.0. The molecule has 2 aromatic carbocycles. The van der Waals surface area contributed by atoms with Gasteiger partial charge in [0.2, 0.25) is 0 Å². The van der Waals surface area contributed by atoms with Crippen molar-refractivity contribution >= 4 is 36.0 Å². The molecule has 3 rings (SSSR count). The Bertz CT molecular complexity index is 616. The van der Waals surface area contributed by atoms with E-state index in [1.54, 1.807) is 3.28 Å². The van der Waals surface area contributed by atoms with Gasteiger partial charge in [-0.05, 0) is 0 Å². The van der Waals surface area contributed by atoms with Crippen LogP contribution in [0.3, 0.4) is 0 Å². The van der Waals surface area contributed by atoms with Crippen LogP contribution in [0.15, 0.2) is 70.0 Å². The average Bonchev–Trinajstić information content (AvgIpc) is 2.83. The molecule has 3 heteroatoms. The van der Waals surface area contributed by atoms with Crippen LogP contribution in [0.2, 0.25) is 0 Å². The molecule has 0 saturated carbocycles. The molecule has 101 valence electrons. The number of rotatable bonds is 2. The summed E-state index contributed by atoms with van der Waals surface area (Å²) < 4.78 is 1.55. The summed E-state index contributed by atoms with van der Waals surface area (Å²) in [5.41, 5.74) is 5.51. The first-order chi connectivity index (χ1) is 8.86. The summed E-state index contributed by atoms with van der Waals surface area (Å²) >= 11 is 1.52. The fraction of sp³-hybridized carbons (Fsp3) is 0.0588. The molecule has 0 nitrogen and oxygen atoms in total. The first kappa shape index (κ1) is 17.4. The summed E-state index contributed by atoms with van der Waals surface area (Å²) in [7, 11) is 0. The van der Waals surface area contributed by atoms with E-state index in [-0.39, 0.29) is 24.8 Å². The number of halogens is 2. The van der Waals surface area contributed by atoms with Crippen molar-refractivity contribution in [2.24, 2.45) is 0 Å². The fourth-order valence-corrected chi connectivity index (χ4v) is 3.32. The summed E-state index contributed by atoms with van der Waals surface area (Å²) in [6.45, 7) is 0. The number of hydrogen-bond acceptors (Lipinski definition) is 0. The van der Waals surface area contributed by atoms with Gasteiger partial charge in [0, 0.05) is 0 Å². The Morgan fingerprint density at radius 3 is 1.75 bits per heavy atom. The van der Waals surface area contributed by atoms with E-state index < -0.39 is 0 Å². The average molecular weight is 381 g/mol. The summed E-state index contributed by atoms with van der Waals surface area (Å²) in [6, 6.07) is 21.4. The van der Waals surface area contributed by atoms with Crippen LogP contribution in [-0.4, -0.2) is 0 Å². The van der Waals surface area contributed by atoms with Crippen molar-refractivity contribution in [3.8, 4) is 0 Å². The molecule has 20 heavy (non-hydrogen) atoms. The first-order valence-corrected chi connectivity index (χ1v) is 7.35. The van der Waals surface area contributed by atoms with Crippen LogP contribution in [0, 0.1) is 0 Å². The van der Waals surface area contributed by atoms with Gasteiger partial charge < -0.3 is 0 Å². The van der Waals surface area contributed by atoms with Crippen molar-refractivity contribution in [2.45, 2.75) is 6.42 Å². The van der Waals surface area contributed by atoms with Crippen LogP contribution in [-0.2, 0) is 24.7 Å². The Balaban J connectivity index is 0.000001000. The topological polar surface area (TPSA) is 0 Å². The van der Waals surface area contributed by atoms with E-state index in [1.165, 1.54) is 47.0 Å². The van der Waals surface area contributed by atoms with Gasteiger partial charge in [-0.15, -0.1) is 24.8 Å². The molecule has 0 N–H and O–H groups in total. The second-order valence-corrected chi connectivity index (χ2v) is 5.89. The van der Waals surface area contributed by atoms with E-state index in [2.05, 4.69) is 66.7 Å². The van der Waals surface area contributed by atoms with E-state index in [0.717, 1.165) is 6.42 Å². The Labute approximate surface area is 147 Å². The Hall–Kier alpha value is -0.617. The van der Waals surface area contributed by atoms with Crippen molar-refractivity contribution in [2.75, 3.05) is 0 Å². The molecule has 0 bridgehead atoms. The molecule has 0 atom stereocenters. The molecule has 0 aliphatic heterocycles. The SMILES string of the molecule is Cl.Cl.[Zr][C]1=C(c2ccccc2)C(c2ccccc2)=CC1. The van der Waals surface area contributed by atoms with Gasteiger partial charge in [0.1, 0.15) is 0 Å². The zero-order valence-electron chi connectivity index (χ0n) is 10.9. The van der Waals surface area contributed by atoms with Crippen LogP contribution in [0.1, 0.15) is 17.5 Å². The van der Waals surface area contributed by atoms with Gasteiger partial charge in [-0.25, -0.2) is 0 Å². The summed E-state index contributed by atoms with van der Waals surface area (Å²) in [6.07, 6.45) is 3.47. The molecule has 0 fully saturated rings. The van der Waals surface area contributed by atoms with E-state index in [4.69, 9.17) is 0 Å². The summed E-state index contributed by atoms with van der Waals surface area (Å²) in [4.78, 5) is 0. The normalized spacial score (nSPS) is 13.2. The van der Waals surface area contributed by atoms with Gasteiger partial charge >= 0.3 is 123 Å². The molecule has 0 heterocycles. The van der Waals surface area contributed by atoms with E-state index in [0.29, 0.717) is 0 Å². The predicted molar refractivity (Wildman–Crippen MR) is 86.9 cm³/mol. The molecule has 0 saturated heterocycles. The first-order valence-electron chi connectivity index (χ1n) is 6.12. The molecule has 0 spiro atoms. The Morgan fingerprint density at radius 1 is 0.700 bits per heavy atom. The summed E-state index contributed by atoms with van der Waals surface area (Å²) in [5.74, 6) is 0. The van der Waals surface area contributed by atoms with Crippen molar-refractivity contribution < 1.29 is 24.7 Å². The molecule has 2 aromatic rings. The van der Waals surface area contributed by atoms with Gasteiger partial charge in [0.15, 0.2) is 0 Å². The quantitative estimate of drug-likeness (QED) is 0.664. The number of allylic oxidation sites excluding steroid dienone is 4. The van der Waals surface area contributed by atoms with Gasteiger partial charge in [-0.3, -0.25) is 0 Å². The monoisotopic (exact) mass is 379 g/mol. The van der Waals surface area contributed by atoms with Crippen molar-refractivity contribution in [1.29, 1.82) is 0 Å². The van der Waals surface area contributed by atoms with Gasteiger partial charge in [0.25, 0.3) is 0 Å². The fourth-order valence-electron chi connectivity index (χ4n) is 2.39. The molecule has 0 amide bonds. The van der Waals surface area contributed by atoms with Crippen molar-refractivity contribution in [3.63, 3.8) is 0 Å². The van der Waals surface area contributed by atoms with Crippen LogP contribution in [0.25, 0.3) is 11.1 Å². The van der Waals surface area contributed by atoms with Crippen LogP contribution in [0.5, 0.6) is 0 Å². The molecule has 0 aromatic heterocycles. The molecule has 0 radical (unpaired) electrons. The van der Waals surface area contributed by atoms with E-state index in [9.17, 15) is 0 Å². The maximum absolute atomic E-state index is 2.36. The van der Waals surface area contributed by atoms with Crippen LogP contribution in [0.4, 0.5) is 0 Å². The minimum absolute atomic E-state index is 0. The number of benzene rings is 2. The van der Waals surface area contributed by atoms with Crippen LogP contribution >= 0.6 is 24.8 Å². The molecular weight excluding hydrogens is 366 g/mol. The Morgan fingerprint density at radius 2 is 1.20 bits per heavy atom. The molecular formula is C17H15Cl2Zr. The third-order valence-corrected chi connectivity index (χ3v) is 4.34. The van der Waals surface area contributed by atoms with Crippen molar-refractivity contribution in [3.05, 3.63) is 81.1 Å².